The van der Waals surface area contributed by atoms with Crippen molar-refractivity contribution in [2.45, 2.75) is 19.1 Å². The zero-order valence-electron chi connectivity index (χ0n) is 14.8. The summed E-state index contributed by atoms with van der Waals surface area (Å²) in [6.45, 7) is 6.06. The van der Waals surface area contributed by atoms with Gasteiger partial charge in [-0.2, -0.15) is 0 Å². The third kappa shape index (κ3) is 5.43. The van der Waals surface area contributed by atoms with Crippen molar-refractivity contribution >= 4 is 35.0 Å². The number of nitro benzene ring substituents is 1. The van der Waals surface area contributed by atoms with Gasteiger partial charge in [0.1, 0.15) is 5.69 Å². The molecule has 1 heterocycles. The molecular weight excluding hydrogens is 358 g/mol. The van der Waals surface area contributed by atoms with E-state index >= 15 is 0 Å². The molecule has 0 aliphatic carbocycles. The average molecular weight is 381 g/mol. The largest absolute Gasteiger partial charge is 0.378 e. The van der Waals surface area contributed by atoms with Gasteiger partial charge in [0.25, 0.3) is 5.69 Å². The first-order chi connectivity index (χ1) is 12.4. The van der Waals surface area contributed by atoms with E-state index in [9.17, 15) is 19.7 Å². The normalized spacial score (nSPS) is 15.6. The first kappa shape index (κ1) is 20.2. The van der Waals surface area contributed by atoms with Crippen LogP contribution in [-0.4, -0.2) is 58.9 Å². The van der Waals surface area contributed by atoms with Crippen LogP contribution in [-0.2, 0) is 14.3 Å². The van der Waals surface area contributed by atoms with Crippen LogP contribution in [0.15, 0.2) is 24.3 Å². The van der Waals surface area contributed by atoms with E-state index in [0.717, 1.165) is 0 Å². The fourth-order valence-electron chi connectivity index (χ4n) is 2.60. The lowest BCUT2D eigenvalue weighted by Gasteiger charge is -2.31. The molecule has 1 atom stereocenters. The van der Waals surface area contributed by atoms with Crippen molar-refractivity contribution in [2.75, 3.05) is 37.4 Å². The molecule has 1 aliphatic heterocycles. The second-order valence-corrected chi connectivity index (χ2v) is 7.37. The molecule has 0 aromatic heterocycles. The highest BCUT2D eigenvalue weighted by atomic mass is 32.2. The number of benzene rings is 1. The second-order valence-electron chi connectivity index (χ2n) is 6.24. The Morgan fingerprint density at radius 2 is 1.96 bits per heavy atom. The molecule has 0 radical (unpaired) electrons. The maximum absolute atomic E-state index is 12.7. The van der Waals surface area contributed by atoms with Gasteiger partial charge in [0, 0.05) is 19.2 Å². The monoisotopic (exact) mass is 381 g/mol. The van der Waals surface area contributed by atoms with Crippen molar-refractivity contribution in [3.05, 3.63) is 34.4 Å². The van der Waals surface area contributed by atoms with Crippen molar-refractivity contribution in [1.29, 1.82) is 0 Å². The van der Waals surface area contributed by atoms with E-state index in [1.54, 1.807) is 17.0 Å². The number of nitrogens with one attached hydrogen (secondary N) is 1. The standard InChI is InChI=1S/C17H23N3O5S/c1-12(2)16(17(22)19-7-9-25-10-8-19)26-11-15(21)18-13-5-3-4-6-14(13)20(23)24/h3-6,12,16H,7-11H2,1-2H3,(H,18,21). The fourth-order valence-corrected chi connectivity index (χ4v) is 3.68. The van der Waals surface area contributed by atoms with E-state index in [4.69, 9.17) is 4.74 Å². The number of nitrogens with zero attached hydrogens (tertiary/aromatic N) is 2. The smallest absolute Gasteiger partial charge is 0.292 e. The molecule has 1 aromatic rings. The number of carbonyl (C=O) groups excluding carboxylic acids is 2. The Hall–Kier alpha value is -2.13. The van der Waals surface area contributed by atoms with E-state index in [1.807, 2.05) is 13.8 Å². The molecule has 1 fully saturated rings. The van der Waals surface area contributed by atoms with Crippen molar-refractivity contribution in [3.63, 3.8) is 0 Å². The van der Waals surface area contributed by atoms with Crippen LogP contribution in [0.4, 0.5) is 11.4 Å². The quantitative estimate of drug-likeness (QED) is 0.574. The van der Waals surface area contributed by atoms with Crippen molar-refractivity contribution in [1.82, 2.24) is 4.90 Å². The summed E-state index contributed by atoms with van der Waals surface area (Å²) in [7, 11) is 0. The SMILES string of the molecule is CC(C)C(SCC(=O)Nc1ccccc1[N+](=O)[O-])C(=O)N1CCOCC1. The molecule has 0 saturated carbocycles. The number of rotatable bonds is 7. The van der Waals surface area contributed by atoms with Crippen LogP contribution < -0.4 is 5.32 Å². The highest BCUT2D eigenvalue weighted by Crippen LogP contribution is 2.25. The minimum Gasteiger partial charge on any atom is -0.378 e. The molecule has 1 N–H and O–H groups in total. The van der Waals surface area contributed by atoms with E-state index in [0.29, 0.717) is 26.3 Å². The number of nitro groups is 1. The van der Waals surface area contributed by atoms with E-state index in [2.05, 4.69) is 5.32 Å². The molecule has 1 aliphatic rings. The lowest BCUT2D eigenvalue weighted by molar-refractivity contribution is -0.383. The zero-order valence-corrected chi connectivity index (χ0v) is 15.7. The minimum atomic E-state index is -0.540. The summed E-state index contributed by atoms with van der Waals surface area (Å²) < 4.78 is 5.27. The van der Waals surface area contributed by atoms with Crippen LogP contribution >= 0.6 is 11.8 Å². The van der Waals surface area contributed by atoms with Crippen LogP contribution in [0.3, 0.4) is 0 Å². The number of carbonyl (C=O) groups is 2. The summed E-state index contributed by atoms with van der Waals surface area (Å²) in [6, 6.07) is 5.98. The molecule has 2 amide bonds. The van der Waals surface area contributed by atoms with Crippen molar-refractivity contribution in [3.8, 4) is 0 Å². The molecule has 26 heavy (non-hydrogen) atoms. The molecule has 0 bridgehead atoms. The topological polar surface area (TPSA) is 102 Å². The van der Waals surface area contributed by atoms with Gasteiger partial charge in [-0.05, 0) is 12.0 Å². The number of thioether (sulfide) groups is 1. The first-order valence-electron chi connectivity index (χ1n) is 8.41. The molecular formula is C17H23N3O5S. The van der Waals surface area contributed by atoms with Crippen LogP contribution in [0.1, 0.15) is 13.8 Å². The first-order valence-corrected chi connectivity index (χ1v) is 9.46. The van der Waals surface area contributed by atoms with Gasteiger partial charge in [0.05, 0.1) is 29.1 Å². The average Bonchev–Trinajstić information content (AvgIpc) is 2.62. The lowest BCUT2D eigenvalue weighted by atomic mass is 10.1. The molecule has 2 rings (SSSR count). The molecule has 1 unspecified atom stereocenters. The van der Waals surface area contributed by atoms with E-state index in [1.165, 1.54) is 23.9 Å². The molecule has 9 heteroatoms. The number of anilines is 1. The number of hydrogen-bond acceptors (Lipinski definition) is 6. The highest BCUT2D eigenvalue weighted by molar-refractivity contribution is 8.01. The third-order valence-electron chi connectivity index (χ3n) is 3.94. The molecule has 1 aromatic carbocycles. The number of para-hydroxylation sites is 2. The van der Waals surface area contributed by atoms with Gasteiger partial charge >= 0.3 is 0 Å². The van der Waals surface area contributed by atoms with Gasteiger partial charge in [0.2, 0.25) is 11.8 Å². The predicted molar refractivity (Wildman–Crippen MR) is 100 cm³/mol. The summed E-state index contributed by atoms with van der Waals surface area (Å²) in [5.41, 5.74) is -0.000597. The van der Waals surface area contributed by atoms with Gasteiger partial charge in [-0.25, -0.2) is 0 Å². The Kier molecular flexibility index (Phi) is 7.40. The van der Waals surface area contributed by atoms with Gasteiger partial charge in [-0.1, -0.05) is 26.0 Å². The Morgan fingerprint density at radius 3 is 2.58 bits per heavy atom. The van der Waals surface area contributed by atoms with E-state index in [-0.39, 0.29) is 40.1 Å². The summed E-state index contributed by atoms with van der Waals surface area (Å²) in [5.74, 6) is -0.254. The van der Waals surface area contributed by atoms with Gasteiger partial charge < -0.3 is 15.0 Å². The Balaban J connectivity index is 1.95. The molecule has 142 valence electrons. The molecule has 1 saturated heterocycles. The zero-order chi connectivity index (χ0) is 19.1. The van der Waals surface area contributed by atoms with Crippen LogP contribution in [0.25, 0.3) is 0 Å². The van der Waals surface area contributed by atoms with Crippen molar-refractivity contribution in [2.24, 2.45) is 5.92 Å². The lowest BCUT2D eigenvalue weighted by Crippen LogP contribution is -2.46. The van der Waals surface area contributed by atoms with Crippen LogP contribution in [0, 0.1) is 16.0 Å². The molecule has 0 spiro atoms. The number of hydrogen-bond donors (Lipinski definition) is 1. The summed E-state index contributed by atoms with van der Waals surface area (Å²) in [6.07, 6.45) is 0. The third-order valence-corrected chi connectivity index (χ3v) is 5.47. The number of amides is 2. The maximum Gasteiger partial charge on any atom is 0.292 e. The van der Waals surface area contributed by atoms with Gasteiger partial charge in [0.15, 0.2) is 0 Å². The fraction of sp³-hybridized carbons (Fsp3) is 0.529. The minimum absolute atomic E-state index is 0.00629. The van der Waals surface area contributed by atoms with Crippen molar-refractivity contribution < 1.29 is 19.2 Å². The van der Waals surface area contributed by atoms with Crippen LogP contribution in [0.2, 0.25) is 0 Å². The Labute approximate surface area is 156 Å². The molecule has 8 nitrogen and oxygen atoms in total. The predicted octanol–water partition coefficient (Wildman–Crippen LogP) is 2.15. The second kappa shape index (κ2) is 9.54. The summed E-state index contributed by atoms with van der Waals surface area (Å²) in [4.78, 5) is 37.1. The van der Waals surface area contributed by atoms with E-state index < -0.39 is 4.92 Å². The summed E-state index contributed by atoms with van der Waals surface area (Å²) >= 11 is 1.26. The maximum atomic E-state index is 12.7. The number of ether oxygens (including phenoxy) is 1. The Morgan fingerprint density at radius 1 is 1.31 bits per heavy atom. The van der Waals surface area contributed by atoms with Crippen LogP contribution in [0.5, 0.6) is 0 Å². The van der Waals surface area contributed by atoms with Gasteiger partial charge in [-0.15, -0.1) is 11.8 Å². The Bertz CT molecular complexity index is 662. The number of morpholine rings is 1. The summed E-state index contributed by atoms with van der Waals surface area (Å²) in [5, 5.41) is 13.2. The highest BCUT2D eigenvalue weighted by Gasteiger charge is 2.29. The van der Waals surface area contributed by atoms with Gasteiger partial charge in [-0.3, -0.25) is 19.7 Å².